The number of rotatable bonds is 4. The Morgan fingerprint density at radius 3 is 2.95 bits per heavy atom. The van der Waals surface area contributed by atoms with Gasteiger partial charge in [0.25, 0.3) is 0 Å². The molecule has 0 spiro atoms. The Labute approximate surface area is 128 Å². The summed E-state index contributed by atoms with van der Waals surface area (Å²) in [5.74, 6) is 1.36. The van der Waals surface area contributed by atoms with E-state index < -0.39 is 0 Å². The molecule has 0 aliphatic carbocycles. The van der Waals surface area contributed by atoms with Crippen molar-refractivity contribution in [2.45, 2.75) is 19.5 Å². The van der Waals surface area contributed by atoms with Crippen LogP contribution in [-0.4, -0.2) is 23.4 Å². The van der Waals surface area contributed by atoms with Gasteiger partial charge in [0.1, 0.15) is 0 Å². The van der Waals surface area contributed by atoms with Crippen LogP contribution in [0.4, 0.5) is 0 Å². The molecule has 1 aliphatic rings. The van der Waals surface area contributed by atoms with Crippen molar-refractivity contribution in [1.29, 1.82) is 0 Å². The third-order valence-electron chi connectivity index (χ3n) is 3.12. The largest absolute Gasteiger partial charge is 0.489 e. The quantitative estimate of drug-likeness (QED) is 0.941. The molecule has 5 nitrogen and oxygen atoms in total. The Hall–Kier alpha value is -1.85. The monoisotopic (exact) mass is 305 g/mol. The number of fused-ring (bicyclic) bond motifs is 1. The molecular weight excluding hydrogens is 290 g/mol. The van der Waals surface area contributed by atoms with E-state index in [4.69, 9.17) is 21.1 Å². The first kappa shape index (κ1) is 14.1. The van der Waals surface area contributed by atoms with Gasteiger partial charge in [-0.2, -0.15) is 10.2 Å². The summed E-state index contributed by atoms with van der Waals surface area (Å²) in [6.45, 7) is 2.61. The highest BCUT2D eigenvalue weighted by Gasteiger charge is 2.15. The molecule has 0 saturated carbocycles. The van der Waals surface area contributed by atoms with Gasteiger partial charge < -0.3 is 14.8 Å². The van der Waals surface area contributed by atoms with Crippen LogP contribution in [0, 0.1) is 0 Å². The number of halogens is 1. The van der Waals surface area contributed by atoms with Crippen LogP contribution in [0.2, 0.25) is 5.02 Å². The fraction of sp³-hybridized carbons (Fsp3) is 0.333. The van der Waals surface area contributed by atoms with Crippen LogP contribution in [0.15, 0.2) is 30.5 Å². The van der Waals surface area contributed by atoms with E-state index >= 15 is 0 Å². The van der Waals surface area contributed by atoms with Crippen LogP contribution < -0.4 is 14.8 Å². The highest BCUT2D eigenvalue weighted by atomic mass is 35.5. The number of benzene rings is 1. The average Bonchev–Trinajstić information content (AvgIpc) is 2.74. The molecule has 0 atom stereocenters. The zero-order chi connectivity index (χ0) is 14.5. The summed E-state index contributed by atoms with van der Waals surface area (Å²) in [7, 11) is 0. The average molecular weight is 306 g/mol. The van der Waals surface area contributed by atoms with E-state index in [1.807, 2.05) is 24.3 Å². The SMILES string of the molecule is Clc1cc(CNCc2cccnn2)cc2c1OCCCO2. The first-order valence-electron chi connectivity index (χ1n) is 6.88. The molecule has 21 heavy (non-hydrogen) atoms. The van der Waals surface area contributed by atoms with Crippen molar-refractivity contribution in [3.63, 3.8) is 0 Å². The lowest BCUT2D eigenvalue weighted by molar-refractivity contribution is 0.297. The summed E-state index contributed by atoms with van der Waals surface area (Å²) >= 11 is 6.26. The minimum Gasteiger partial charge on any atom is -0.489 e. The first-order chi connectivity index (χ1) is 10.3. The maximum Gasteiger partial charge on any atom is 0.179 e. The molecule has 110 valence electrons. The smallest absolute Gasteiger partial charge is 0.179 e. The van der Waals surface area contributed by atoms with E-state index in [9.17, 15) is 0 Å². The lowest BCUT2D eigenvalue weighted by atomic mass is 10.2. The number of ether oxygens (including phenoxy) is 2. The number of aromatic nitrogens is 2. The molecule has 0 amide bonds. The lowest BCUT2D eigenvalue weighted by Crippen LogP contribution is -2.14. The van der Waals surface area contributed by atoms with Crippen molar-refractivity contribution in [1.82, 2.24) is 15.5 Å². The fourth-order valence-corrected chi connectivity index (χ4v) is 2.44. The molecule has 0 saturated heterocycles. The van der Waals surface area contributed by atoms with Crippen LogP contribution in [0.3, 0.4) is 0 Å². The summed E-state index contributed by atoms with van der Waals surface area (Å²) in [4.78, 5) is 0. The van der Waals surface area contributed by atoms with Gasteiger partial charge in [0.15, 0.2) is 11.5 Å². The van der Waals surface area contributed by atoms with Gasteiger partial charge in [0, 0.05) is 25.7 Å². The zero-order valence-corrected chi connectivity index (χ0v) is 12.3. The molecule has 0 unspecified atom stereocenters. The Balaban J connectivity index is 1.66. The van der Waals surface area contributed by atoms with E-state index in [0.29, 0.717) is 37.1 Å². The molecule has 6 heteroatoms. The van der Waals surface area contributed by atoms with Crippen molar-refractivity contribution < 1.29 is 9.47 Å². The molecular formula is C15H16ClN3O2. The summed E-state index contributed by atoms with van der Waals surface area (Å²) < 4.78 is 11.3. The normalized spacial score (nSPS) is 13.8. The van der Waals surface area contributed by atoms with Crippen LogP contribution in [0.25, 0.3) is 0 Å². The molecule has 0 bridgehead atoms. The van der Waals surface area contributed by atoms with Crippen molar-refractivity contribution >= 4 is 11.6 Å². The Bertz CT molecular complexity index is 607. The Kier molecular flexibility index (Phi) is 4.52. The molecule has 2 heterocycles. The molecule has 1 aliphatic heterocycles. The first-order valence-corrected chi connectivity index (χ1v) is 7.26. The van der Waals surface area contributed by atoms with Gasteiger partial charge in [-0.1, -0.05) is 11.6 Å². The second-order valence-electron chi connectivity index (χ2n) is 4.77. The minimum absolute atomic E-state index is 0.589. The van der Waals surface area contributed by atoms with Gasteiger partial charge in [-0.15, -0.1) is 0 Å². The van der Waals surface area contributed by atoms with Crippen LogP contribution in [0.5, 0.6) is 11.5 Å². The van der Waals surface area contributed by atoms with E-state index in [1.165, 1.54) is 0 Å². The number of nitrogens with zero attached hydrogens (tertiary/aromatic N) is 2. The third kappa shape index (κ3) is 3.62. The van der Waals surface area contributed by atoms with E-state index in [1.54, 1.807) is 6.20 Å². The molecule has 1 aromatic heterocycles. The van der Waals surface area contributed by atoms with Gasteiger partial charge in [-0.25, -0.2) is 0 Å². The number of hydrogen-bond acceptors (Lipinski definition) is 5. The molecule has 2 aromatic rings. The van der Waals surface area contributed by atoms with E-state index in [0.717, 1.165) is 23.4 Å². The van der Waals surface area contributed by atoms with Gasteiger partial charge in [-0.3, -0.25) is 0 Å². The summed E-state index contributed by atoms with van der Waals surface area (Å²) in [5.41, 5.74) is 1.95. The summed E-state index contributed by atoms with van der Waals surface area (Å²) in [6, 6.07) is 7.67. The fourth-order valence-electron chi connectivity index (χ4n) is 2.15. The Morgan fingerprint density at radius 2 is 2.10 bits per heavy atom. The van der Waals surface area contributed by atoms with Gasteiger partial charge in [0.2, 0.25) is 0 Å². The predicted molar refractivity (Wildman–Crippen MR) is 79.6 cm³/mol. The van der Waals surface area contributed by atoms with Gasteiger partial charge >= 0.3 is 0 Å². The highest BCUT2D eigenvalue weighted by molar-refractivity contribution is 6.32. The zero-order valence-electron chi connectivity index (χ0n) is 11.5. The number of nitrogens with one attached hydrogen (secondary N) is 1. The van der Waals surface area contributed by atoms with Crippen molar-refractivity contribution in [3.8, 4) is 11.5 Å². The molecule has 0 radical (unpaired) electrons. The minimum atomic E-state index is 0.589. The third-order valence-corrected chi connectivity index (χ3v) is 3.41. The summed E-state index contributed by atoms with van der Waals surface area (Å²) in [6.07, 6.45) is 2.53. The molecule has 1 N–H and O–H groups in total. The highest BCUT2D eigenvalue weighted by Crippen LogP contribution is 2.37. The van der Waals surface area contributed by atoms with Crippen LogP contribution in [0.1, 0.15) is 17.7 Å². The number of hydrogen-bond donors (Lipinski definition) is 1. The Morgan fingerprint density at radius 1 is 1.19 bits per heavy atom. The molecule has 0 fully saturated rings. The standard InChI is InChI=1S/C15H16ClN3O2/c16-13-7-11(8-14-15(13)21-6-2-5-20-14)9-17-10-12-3-1-4-18-19-12/h1,3-4,7-8,17H,2,5-6,9-10H2. The van der Waals surface area contributed by atoms with E-state index in [-0.39, 0.29) is 0 Å². The van der Waals surface area contributed by atoms with Crippen molar-refractivity contribution in [3.05, 3.63) is 46.7 Å². The van der Waals surface area contributed by atoms with Crippen molar-refractivity contribution in [2.75, 3.05) is 13.2 Å². The van der Waals surface area contributed by atoms with Crippen LogP contribution in [-0.2, 0) is 13.1 Å². The second kappa shape index (κ2) is 6.74. The maximum absolute atomic E-state index is 6.26. The predicted octanol–water partition coefficient (Wildman–Crippen LogP) is 2.58. The lowest BCUT2D eigenvalue weighted by Gasteiger charge is -2.12. The second-order valence-corrected chi connectivity index (χ2v) is 5.18. The van der Waals surface area contributed by atoms with Crippen LogP contribution >= 0.6 is 11.6 Å². The topological polar surface area (TPSA) is 56.3 Å². The molecule has 3 rings (SSSR count). The van der Waals surface area contributed by atoms with E-state index in [2.05, 4.69) is 15.5 Å². The molecule has 1 aromatic carbocycles. The maximum atomic E-state index is 6.26. The summed E-state index contributed by atoms with van der Waals surface area (Å²) in [5, 5.41) is 11.8. The van der Waals surface area contributed by atoms with Gasteiger partial charge in [0.05, 0.1) is 23.9 Å². The van der Waals surface area contributed by atoms with Crippen molar-refractivity contribution in [2.24, 2.45) is 0 Å². The van der Waals surface area contributed by atoms with Gasteiger partial charge in [-0.05, 0) is 29.8 Å².